The van der Waals surface area contributed by atoms with Crippen molar-refractivity contribution in [3.8, 4) is 28.6 Å². The molecule has 2 aromatic heterocycles. The number of anilines is 1. The van der Waals surface area contributed by atoms with Crippen LogP contribution in [-0.2, 0) is 6.61 Å². The van der Waals surface area contributed by atoms with Crippen molar-refractivity contribution < 1.29 is 23.3 Å². The molecule has 202 valence electrons. The van der Waals surface area contributed by atoms with E-state index in [4.69, 9.17) is 15.2 Å². The first-order valence-corrected chi connectivity index (χ1v) is 12.1. The average Bonchev–Trinajstić information content (AvgIpc) is 3.59. The molecule has 0 unspecified atom stereocenters. The van der Waals surface area contributed by atoms with Crippen molar-refractivity contribution in [1.29, 1.82) is 0 Å². The number of nitrogens with zero attached hydrogens (tertiary/aromatic N) is 6. The van der Waals surface area contributed by atoms with Gasteiger partial charge in [-0.15, -0.1) is 5.10 Å². The zero-order chi connectivity index (χ0) is 27.9. The minimum absolute atomic E-state index is 0.0130. The zero-order valence-corrected chi connectivity index (χ0v) is 21.2. The molecule has 0 saturated carbocycles. The highest BCUT2D eigenvalue weighted by atomic mass is 19.1. The summed E-state index contributed by atoms with van der Waals surface area (Å²) in [4.78, 5) is 13.3. The van der Waals surface area contributed by atoms with Crippen LogP contribution < -0.4 is 20.6 Å². The fourth-order valence-corrected chi connectivity index (χ4v) is 3.76. The number of carbonyl (C=O) groups is 1. The Balaban J connectivity index is 1.35. The van der Waals surface area contributed by atoms with Crippen molar-refractivity contribution in [2.45, 2.75) is 13.5 Å². The largest absolute Gasteiger partial charge is 0.490 e. The molecule has 5 aromatic rings. The van der Waals surface area contributed by atoms with Crippen LogP contribution in [0.3, 0.4) is 0 Å². The summed E-state index contributed by atoms with van der Waals surface area (Å²) < 4.78 is 30.8. The highest BCUT2D eigenvalue weighted by molar-refractivity contribution is 5.99. The number of hydrazone groups is 1. The first-order chi connectivity index (χ1) is 19.5. The lowest BCUT2D eigenvalue weighted by atomic mass is 10.1. The lowest BCUT2D eigenvalue weighted by molar-refractivity contribution is 0.0947. The number of rotatable bonds is 10. The van der Waals surface area contributed by atoms with Crippen LogP contribution in [-0.4, -0.2) is 44.0 Å². The molecule has 5 rings (SSSR count). The van der Waals surface area contributed by atoms with Crippen molar-refractivity contribution >= 4 is 17.9 Å². The molecule has 2 heterocycles. The summed E-state index contributed by atoms with van der Waals surface area (Å²) in [5.41, 5.74) is 10.6. The molecule has 0 saturated heterocycles. The molecule has 13 heteroatoms. The molecule has 0 aliphatic carbocycles. The third kappa shape index (κ3) is 5.78. The van der Waals surface area contributed by atoms with Crippen LogP contribution in [0, 0.1) is 5.82 Å². The minimum atomic E-state index is -0.623. The van der Waals surface area contributed by atoms with Gasteiger partial charge in [-0.3, -0.25) is 4.79 Å². The van der Waals surface area contributed by atoms with E-state index in [0.29, 0.717) is 34.8 Å². The summed E-state index contributed by atoms with van der Waals surface area (Å²) in [5.74, 6) is -0.0622. The van der Waals surface area contributed by atoms with Gasteiger partial charge in [0.2, 0.25) is 11.6 Å². The van der Waals surface area contributed by atoms with Gasteiger partial charge >= 0.3 is 0 Å². The maximum atomic E-state index is 13.5. The summed E-state index contributed by atoms with van der Waals surface area (Å²) in [5, 5.41) is 19.5. The number of benzene rings is 3. The van der Waals surface area contributed by atoms with Crippen LogP contribution in [0.1, 0.15) is 28.5 Å². The average molecular weight is 543 g/mol. The van der Waals surface area contributed by atoms with E-state index in [-0.39, 0.29) is 35.4 Å². The van der Waals surface area contributed by atoms with Crippen LogP contribution in [0.2, 0.25) is 0 Å². The van der Waals surface area contributed by atoms with Gasteiger partial charge in [-0.1, -0.05) is 47.7 Å². The van der Waals surface area contributed by atoms with Crippen LogP contribution in [0.4, 0.5) is 10.2 Å². The second-order valence-corrected chi connectivity index (χ2v) is 8.29. The lowest BCUT2D eigenvalue weighted by Crippen LogP contribution is -2.22. The number of nitrogens with one attached hydrogen (secondary N) is 1. The second kappa shape index (κ2) is 11.9. The molecule has 12 nitrogen and oxygen atoms in total. The Morgan fingerprint density at radius 2 is 1.93 bits per heavy atom. The third-order valence-electron chi connectivity index (χ3n) is 5.56. The van der Waals surface area contributed by atoms with E-state index in [0.717, 1.165) is 4.68 Å². The van der Waals surface area contributed by atoms with Crippen molar-refractivity contribution in [3.63, 3.8) is 0 Å². The van der Waals surface area contributed by atoms with E-state index in [1.54, 1.807) is 42.5 Å². The Bertz CT molecular complexity index is 1650. The summed E-state index contributed by atoms with van der Waals surface area (Å²) in [6, 6.07) is 20.3. The van der Waals surface area contributed by atoms with E-state index in [1.807, 2.05) is 25.1 Å². The molecule has 0 radical (unpaired) electrons. The SMILES string of the molecule is CCOc1cc(/C=N/NC(=O)c2c(-c3ccccc3)nnn2-c2nonc2N)ccc1OCc1cccc(F)c1. The molecule has 0 fully saturated rings. The standard InChI is InChI=1S/C27H23FN8O4/c1-2-38-22-14-17(11-12-21(22)39-16-18-7-6-10-20(28)13-18)15-30-32-27(37)24-23(19-8-4-3-5-9-19)31-35-36(24)26-25(29)33-40-34-26/h3-15H,2,16H2,1H3,(H2,29,33)(H,32,37)/b30-15+. The number of nitrogens with two attached hydrogens (primary N) is 1. The summed E-state index contributed by atoms with van der Waals surface area (Å²) >= 11 is 0. The van der Waals surface area contributed by atoms with Crippen molar-refractivity contribution in [1.82, 2.24) is 30.7 Å². The smallest absolute Gasteiger partial charge is 0.292 e. The second-order valence-electron chi connectivity index (χ2n) is 8.29. The van der Waals surface area contributed by atoms with Gasteiger partial charge < -0.3 is 15.2 Å². The number of carbonyl (C=O) groups excluding carboxylic acids is 1. The highest BCUT2D eigenvalue weighted by Gasteiger charge is 2.25. The third-order valence-corrected chi connectivity index (χ3v) is 5.56. The van der Waals surface area contributed by atoms with Crippen LogP contribution in [0.15, 0.2) is 82.5 Å². The topological polar surface area (TPSA) is 156 Å². The Hall–Kier alpha value is -5.59. The molecule has 0 aliphatic heterocycles. The van der Waals surface area contributed by atoms with Gasteiger partial charge in [-0.05, 0) is 58.7 Å². The van der Waals surface area contributed by atoms with Crippen LogP contribution in [0.25, 0.3) is 17.1 Å². The normalized spacial score (nSPS) is 11.1. The minimum Gasteiger partial charge on any atom is -0.490 e. The van der Waals surface area contributed by atoms with Crippen LogP contribution >= 0.6 is 0 Å². The maximum absolute atomic E-state index is 13.5. The molecule has 3 aromatic carbocycles. The molecule has 0 aliphatic rings. The number of aromatic nitrogens is 5. The predicted octanol–water partition coefficient (Wildman–Crippen LogP) is 3.78. The van der Waals surface area contributed by atoms with Crippen molar-refractivity contribution in [2.75, 3.05) is 12.3 Å². The lowest BCUT2D eigenvalue weighted by Gasteiger charge is -2.12. The van der Waals surface area contributed by atoms with Gasteiger partial charge in [-0.25, -0.2) is 14.4 Å². The summed E-state index contributed by atoms with van der Waals surface area (Å²) in [6.45, 7) is 2.40. The molecule has 0 bridgehead atoms. The first-order valence-electron chi connectivity index (χ1n) is 12.1. The maximum Gasteiger partial charge on any atom is 0.292 e. The fourth-order valence-electron chi connectivity index (χ4n) is 3.76. The van der Waals surface area contributed by atoms with E-state index in [1.165, 1.54) is 18.3 Å². The Morgan fingerprint density at radius 1 is 1.07 bits per heavy atom. The molecule has 3 N–H and O–H groups in total. The van der Waals surface area contributed by atoms with Crippen molar-refractivity contribution in [3.05, 3.63) is 95.4 Å². The number of halogens is 1. The van der Waals surface area contributed by atoms with Crippen LogP contribution in [0.5, 0.6) is 11.5 Å². The number of nitrogen functional groups attached to an aromatic ring is 1. The Labute approximate surface area is 227 Å². The van der Waals surface area contributed by atoms with Gasteiger partial charge in [0.1, 0.15) is 18.1 Å². The van der Waals surface area contributed by atoms with Gasteiger partial charge in [0.15, 0.2) is 17.2 Å². The first kappa shape index (κ1) is 26.0. The van der Waals surface area contributed by atoms with E-state index in [9.17, 15) is 9.18 Å². The van der Waals surface area contributed by atoms with Gasteiger partial charge in [0, 0.05) is 5.56 Å². The number of amides is 1. The number of ether oxygens (including phenoxy) is 2. The quantitative estimate of drug-likeness (QED) is 0.198. The molecular weight excluding hydrogens is 519 g/mol. The van der Waals surface area contributed by atoms with Gasteiger partial charge in [0.05, 0.1) is 12.8 Å². The molecule has 0 spiro atoms. The van der Waals surface area contributed by atoms with E-state index < -0.39 is 5.91 Å². The molecule has 0 atom stereocenters. The highest BCUT2D eigenvalue weighted by Crippen LogP contribution is 2.29. The monoisotopic (exact) mass is 542 g/mol. The fraction of sp³-hybridized carbons (Fsp3) is 0.111. The molecule has 1 amide bonds. The molecule has 40 heavy (non-hydrogen) atoms. The number of hydrogen-bond acceptors (Lipinski definition) is 10. The Morgan fingerprint density at radius 3 is 2.67 bits per heavy atom. The predicted molar refractivity (Wildman–Crippen MR) is 142 cm³/mol. The van der Waals surface area contributed by atoms with E-state index in [2.05, 4.69) is 35.8 Å². The van der Waals surface area contributed by atoms with E-state index >= 15 is 0 Å². The zero-order valence-electron chi connectivity index (χ0n) is 21.2. The summed E-state index contributed by atoms with van der Waals surface area (Å²) in [6.07, 6.45) is 1.44. The summed E-state index contributed by atoms with van der Waals surface area (Å²) in [7, 11) is 0. The van der Waals surface area contributed by atoms with Gasteiger partial charge in [-0.2, -0.15) is 9.78 Å². The molecular formula is C27H23FN8O4. The van der Waals surface area contributed by atoms with Gasteiger partial charge in [0.25, 0.3) is 5.91 Å². The van der Waals surface area contributed by atoms with Crippen molar-refractivity contribution in [2.24, 2.45) is 5.10 Å². The number of hydrogen-bond donors (Lipinski definition) is 2. The Kier molecular flexibility index (Phi) is 7.72.